The molecule has 112 valence electrons. The minimum absolute atomic E-state index is 0.577. The summed E-state index contributed by atoms with van der Waals surface area (Å²) < 4.78 is 0. The van der Waals surface area contributed by atoms with Gasteiger partial charge in [0.25, 0.3) is 0 Å². The van der Waals surface area contributed by atoms with E-state index in [-0.39, 0.29) is 0 Å². The fraction of sp³-hybridized carbons (Fsp3) is 0.750. The van der Waals surface area contributed by atoms with Gasteiger partial charge in [0.2, 0.25) is 0 Å². The second-order valence-corrected chi connectivity index (χ2v) is 5.82. The molecule has 1 saturated carbocycles. The minimum Gasteiger partial charge on any atom is -0.373 e. The Morgan fingerprint density at radius 1 is 1.10 bits per heavy atom. The summed E-state index contributed by atoms with van der Waals surface area (Å²) in [7, 11) is 1.93. The Morgan fingerprint density at radius 2 is 1.80 bits per heavy atom. The van der Waals surface area contributed by atoms with Crippen molar-refractivity contribution in [3.8, 4) is 0 Å². The van der Waals surface area contributed by atoms with Crippen molar-refractivity contribution >= 4 is 11.6 Å². The van der Waals surface area contributed by atoms with Crippen LogP contribution >= 0.6 is 0 Å². The van der Waals surface area contributed by atoms with E-state index in [4.69, 9.17) is 0 Å². The number of nitrogens with zero attached hydrogens (tertiary/aromatic N) is 2. The van der Waals surface area contributed by atoms with Crippen LogP contribution in [-0.4, -0.2) is 23.1 Å². The first-order chi connectivity index (χ1) is 9.78. The first kappa shape index (κ1) is 15.1. The van der Waals surface area contributed by atoms with Crippen molar-refractivity contribution in [1.82, 2.24) is 9.97 Å². The molecular weight excluding hydrogens is 248 g/mol. The molecular formula is C16H28N4. The van der Waals surface area contributed by atoms with Crippen LogP contribution in [0, 0.1) is 5.92 Å². The van der Waals surface area contributed by atoms with E-state index in [1.807, 2.05) is 7.05 Å². The molecule has 4 heteroatoms. The first-order valence-electron chi connectivity index (χ1n) is 8.06. The van der Waals surface area contributed by atoms with Crippen LogP contribution in [0.25, 0.3) is 0 Å². The quantitative estimate of drug-likeness (QED) is 0.828. The maximum absolute atomic E-state index is 4.48. The molecule has 0 atom stereocenters. The average Bonchev–Trinajstić information content (AvgIpc) is 2.50. The van der Waals surface area contributed by atoms with Crippen LogP contribution < -0.4 is 10.6 Å². The predicted octanol–water partition coefficient (Wildman–Crippen LogP) is 3.85. The Balaban J connectivity index is 2.05. The van der Waals surface area contributed by atoms with Crippen molar-refractivity contribution in [2.75, 3.05) is 17.7 Å². The number of anilines is 2. The van der Waals surface area contributed by atoms with E-state index >= 15 is 0 Å². The summed E-state index contributed by atoms with van der Waals surface area (Å²) in [5, 5.41) is 6.85. The lowest BCUT2D eigenvalue weighted by atomic mass is 9.84. The van der Waals surface area contributed by atoms with E-state index in [0.717, 1.165) is 30.4 Å². The topological polar surface area (TPSA) is 49.8 Å². The molecule has 0 radical (unpaired) electrons. The van der Waals surface area contributed by atoms with Crippen LogP contribution in [0.2, 0.25) is 0 Å². The summed E-state index contributed by atoms with van der Waals surface area (Å²) in [6.07, 6.45) is 10.3. The van der Waals surface area contributed by atoms with Crippen molar-refractivity contribution < 1.29 is 0 Å². The van der Waals surface area contributed by atoms with Gasteiger partial charge in [-0.05, 0) is 38.0 Å². The van der Waals surface area contributed by atoms with Crippen LogP contribution in [0.5, 0.6) is 0 Å². The van der Waals surface area contributed by atoms with E-state index < -0.39 is 0 Å². The molecule has 1 heterocycles. The number of rotatable bonds is 6. The molecule has 0 amide bonds. The third-order valence-corrected chi connectivity index (χ3v) is 4.45. The number of hydrogen-bond acceptors (Lipinski definition) is 4. The summed E-state index contributed by atoms with van der Waals surface area (Å²) in [5.41, 5.74) is 1.23. The van der Waals surface area contributed by atoms with Crippen LogP contribution in [0.3, 0.4) is 0 Å². The lowest BCUT2D eigenvalue weighted by Crippen LogP contribution is -2.27. The van der Waals surface area contributed by atoms with E-state index in [9.17, 15) is 0 Å². The van der Waals surface area contributed by atoms with Gasteiger partial charge in [0, 0.05) is 18.7 Å². The zero-order valence-corrected chi connectivity index (χ0v) is 13.1. The largest absolute Gasteiger partial charge is 0.373 e. The summed E-state index contributed by atoms with van der Waals surface area (Å²) in [6, 6.07) is 0.577. The second kappa shape index (κ2) is 7.46. The Bertz CT molecular complexity index is 411. The van der Waals surface area contributed by atoms with Gasteiger partial charge < -0.3 is 10.6 Å². The lowest BCUT2D eigenvalue weighted by Gasteiger charge is -2.29. The van der Waals surface area contributed by atoms with Crippen molar-refractivity contribution in [3.05, 3.63) is 11.9 Å². The van der Waals surface area contributed by atoms with Gasteiger partial charge in [-0.3, -0.25) is 0 Å². The SMILES string of the molecule is CCCc1c(NC)ncnc1NC1CCC(CC)CC1. The molecule has 0 bridgehead atoms. The fourth-order valence-electron chi connectivity index (χ4n) is 3.15. The molecule has 0 spiro atoms. The minimum atomic E-state index is 0.577. The molecule has 1 aliphatic rings. The Hall–Kier alpha value is -1.32. The van der Waals surface area contributed by atoms with E-state index in [1.54, 1.807) is 6.33 Å². The molecule has 1 aliphatic carbocycles. The summed E-state index contributed by atoms with van der Waals surface area (Å²) >= 11 is 0. The third-order valence-electron chi connectivity index (χ3n) is 4.45. The van der Waals surface area contributed by atoms with Gasteiger partial charge in [-0.15, -0.1) is 0 Å². The Kier molecular flexibility index (Phi) is 5.62. The Labute approximate surface area is 122 Å². The Morgan fingerprint density at radius 3 is 2.40 bits per heavy atom. The summed E-state index contributed by atoms with van der Waals surface area (Å²) in [5.74, 6) is 2.93. The zero-order chi connectivity index (χ0) is 14.4. The van der Waals surface area contributed by atoms with Gasteiger partial charge in [-0.25, -0.2) is 9.97 Å². The highest BCUT2D eigenvalue weighted by atomic mass is 15.1. The van der Waals surface area contributed by atoms with Gasteiger partial charge in [-0.1, -0.05) is 26.7 Å². The van der Waals surface area contributed by atoms with Gasteiger partial charge in [0.15, 0.2) is 0 Å². The maximum atomic E-state index is 4.48. The molecule has 2 rings (SSSR count). The molecule has 0 aliphatic heterocycles. The fourth-order valence-corrected chi connectivity index (χ4v) is 3.15. The predicted molar refractivity (Wildman–Crippen MR) is 85.2 cm³/mol. The van der Waals surface area contributed by atoms with Crippen molar-refractivity contribution in [2.24, 2.45) is 5.92 Å². The second-order valence-electron chi connectivity index (χ2n) is 5.82. The van der Waals surface area contributed by atoms with Gasteiger partial charge in [0.05, 0.1) is 0 Å². The first-order valence-corrected chi connectivity index (χ1v) is 8.06. The van der Waals surface area contributed by atoms with Gasteiger partial charge >= 0.3 is 0 Å². The van der Waals surface area contributed by atoms with E-state index in [2.05, 4.69) is 34.4 Å². The molecule has 0 saturated heterocycles. The molecule has 20 heavy (non-hydrogen) atoms. The van der Waals surface area contributed by atoms with E-state index in [1.165, 1.54) is 37.7 Å². The van der Waals surface area contributed by atoms with Crippen molar-refractivity contribution in [1.29, 1.82) is 0 Å². The highest BCUT2D eigenvalue weighted by molar-refractivity contribution is 5.57. The zero-order valence-electron chi connectivity index (χ0n) is 13.1. The molecule has 4 nitrogen and oxygen atoms in total. The van der Waals surface area contributed by atoms with Crippen molar-refractivity contribution in [2.45, 2.75) is 64.8 Å². The summed E-state index contributed by atoms with van der Waals surface area (Å²) in [6.45, 7) is 4.50. The molecule has 1 aromatic heterocycles. The van der Waals surface area contributed by atoms with Crippen LogP contribution in [0.15, 0.2) is 6.33 Å². The smallest absolute Gasteiger partial charge is 0.134 e. The molecule has 0 unspecified atom stereocenters. The molecule has 0 aromatic carbocycles. The maximum Gasteiger partial charge on any atom is 0.134 e. The molecule has 1 aromatic rings. The third kappa shape index (κ3) is 3.62. The van der Waals surface area contributed by atoms with Gasteiger partial charge in [-0.2, -0.15) is 0 Å². The molecule has 1 fully saturated rings. The normalized spacial score (nSPS) is 22.6. The van der Waals surface area contributed by atoms with Crippen molar-refractivity contribution in [3.63, 3.8) is 0 Å². The number of nitrogens with one attached hydrogen (secondary N) is 2. The highest BCUT2D eigenvalue weighted by Crippen LogP contribution is 2.30. The summed E-state index contributed by atoms with van der Waals surface area (Å²) in [4.78, 5) is 8.81. The van der Waals surface area contributed by atoms with Gasteiger partial charge in [0.1, 0.15) is 18.0 Å². The van der Waals surface area contributed by atoms with E-state index in [0.29, 0.717) is 6.04 Å². The number of aromatic nitrogens is 2. The molecule has 2 N–H and O–H groups in total. The number of hydrogen-bond donors (Lipinski definition) is 2. The monoisotopic (exact) mass is 276 g/mol. The standard InChI is InChI=1S/C16H28N4/c1-4-6-14-15(17-3)18-11-19-16(14)20-13-9-7-12(5-2)8-10-13/h11-13H,4-10H2,1-3H3,(H2,17,18,19,20). The lowest BCUT2D eigenvalue weighted by molar-refractivity contribution is 0.329. The average molecular weight is 276 g/mol. The highest BCUT2D eigenvalue weighted by Gasteiger charge is 2.21. The van der Waals surface area contributed by atoms with Crippen LogP contribution in [0.4, 0.5) is 11.6 Å². The van der Waals surface area contributed by atoms with Crippen LogP contribution in [0.1, 0.15) is 57.9 Å². The van der Waals surface area contributed by atoms with Crippen LogP contribution in [-0.2, 0) is 6.42 Å².